The molecule has 2 unspecified atom stereocenters. The summed E-state index contributed by atoms with van der Waals surface area (Å²) in [6, 6.07) is 0. The van der Waals surface area contributed by atoms with Gasteiger partial charge in [0.05, 0.1) is 12.5 Å². The molecule has 4 atom stereocenters. The van der Waals surface area contributed by atoms with E-state index in [9.17, 15) is 9.90 Å². The highest BCUT2D eigenvalue weighted by Gasteiger charge is 2.49. The number of rotatable bonds is 1. The van der Waals surface area contributed by atoms with Crippen molar-refractivity contribution in [1.82, 2.24) is 0 Å². The number of carbonyl (C=O) groups is 1. The Bertz CT molecular complexity index is 203. The van der Waals surface area contributed by atoms with E-state index in [0.29, 0.717) is 12.8 Å². The van der Waals surface area contributed by atoms with Crippen molar-refractivity contribution in [3.8, 4) is 0 Å². The normalized spacial score (nSPS) is 46.0. The van der Waals surface area contributed by atoms with Crippen LogP contribution in [-0.4, -0.2) is 35.0 Å². The minimum absolute atomic E-state index is 0.0394. The van der Waals surface area contributed by atoms with Gasteiger partial charge in [0.15, 0.2) is 0 Å². The predicted octanol–water partition coefficient (Wildman–Crippen LogP) is -0.709. The Labute approximate surface area is 70.1 Å². The summed E-state index contributed by atoms with van der Waals surface area (Å²) < 4.78 is 4.98. The van der Waals surface area contributed by atoms with Gasteiger partial charge in [-0.15, -0.1) is 0 Å². The largest absolute Gasteiger partial charge is 0.462 e. The molecule has 4 nitrogen and oxygen atoms in total. The predicted molar refractivity (Wildman–Crippen MR) is 39.2 cm³/mol. The maximum absolute atomic E-state index is 10.8. The number of carbonyl (C=O) groups excluding carboxylic acids is 1. The number of fused-ring (bicyclic) bond motifs is 1. The highest BCUT2D eigenvalue weighted by Crippen LogP contribution is 2.40. The molecule has 2 N–H and O–H groups in total. The van der Waals surface area contributed by atoms with Crippen LogP contribution in [0.2, 0.25) is 0 Å². The lowest BCUT2D eigenvalue weighted by molar-refractivity contribution is -0.141. The van der Waals surface area contributed by atoms with Gasteiger partial charge in [-0.25, -0.2) is 0 Å². The van der Waals surface area contributed by atoms with Crippen molar-refractivity contribution in [2.75, 3.05) is 6.61 Å². The zero-order valence-corrected chi connectivity index (χ0v) is 6.64. The van der Waals surface area contributed by atoms with Gasteiger partial charge in [-0.2, -0.15) is 0 Å². The van der Waals surface area contributed by atoms with Crippen LogP contribution in [0.5, 0.6) is 0 Å². The quantitative estimate of drug-likeness (QED) is 0.513. The van der Waals surface area contributed by atoms with Crippen LogP contribution < -0.4 is 0 Å². The molecule has 0 aromatic carbocycles. The Hall–Kier alpha value is -0.610. The number of aliphatic hydroxyl groups is 2. The van der Waals surface area contributed by atoms with Crippen molar-refractivity contribution in [1.29, 1.82) is 0 Å². The second-order valence-electron chi connectivity index (χ2n) is 3.55. The summed E-state index contributed by atoms with van der Waals surface area (Å²) in [7, 11) is 0. The SMILES string of the molecule is O=C1CC2C(CO)[C@@H](O)C[C@H]2O1. The highest BCUT2D eigenvalue weighted by atomic mass is 16.6. The molecule has 1 heterocycles. The molecule has 0 radical (unpaired) electrons. The Balaban J connectivity index is 2.11. The molecule has 0 spiro atoms. The van der Waals surface area contributed by atoms with Crippen LogP contribution >= 0.6 is 0 Å². The van der Waals surface area contributed by atoms with Crippen LogP contribution in [-0.2, 0) is 9.53 Å². The highest BCUT2D eigenvalue weighted by molar-refractivity contribution is 5.72. The van der Waals surface area contributed by atoms with E-state index in [1.165, 1.54) is 0 Å². The fraction of sp³-hybridized carbons (Fsp3) is 0.875. The molecule has 68 valence electrons. The molecule has 4 heteroatoms. The maximum Gasteiger partial charge on any atom is 0.306 e. The van der Waals surface area contributed by atoms with Gasteiger partial charge < -0.3 is 14.9 Å². The van der Waals surface area contributed by atoms with E-state index in [2.05, 4.69) is 0 Å². The van der Waals surface area contributed by atoms with Gasteiger partial charge in [0, 0.05) is 24.9 Å². The van der Waals surface area contributed by atoms with Gasteiger partial charge in [0.1, 0.15) is 6.10 Å². The number of hydrogen-bond acceptors (Lipinski definition) is 4. The topological polar surface area (TPSA) is 66.8 Å². The van der Waals surface area contributed by atoms with E-state index in [4.69, 9.17) is 9.84 Å². The maximum atomic E-state index is 10.8. The molecule has 1 aliphatic carbocycles. The summed E-state index contributed by atoms with van der Waals surface area (Å²) in [6.45, 7) is -0.0566. The molecule has 2 aliphatic rings. The standard InChI is InChI=1S/C8H12O4/c9-3-5-4-1-8(11)12-7(4)2-6(5)10/h4-7,9-10H,1-3H2/t4?,5?,6-,7+/m0/s1. The van der Waals surface area contributed by atoms with E-state index < -0.39 is 6.10 Å². The minimum Gasteiger partial charge on any atom is -0.462 e. The van der Waals surface area contributed by atoms with E-state index in [0.717, 1.165) is 0 Å². The van der Waals surface area contributed by atoms with Crippen molar-refractivity contribution in [3.63, 3.8) is 0 Å². The molecule has 2 fully saturated rings. The van der Waals surface area contributed by atoms with Crippen molar-refractivity contribution < 1.29 is 19.7 Å². The number of esters is 1. The van der Waals surface area contributed by atoms with Crippen LogP contribution in [0, 0.1) is 11.8 Å². The third kappa shape index (κ3) is 1.03. The van der Waals surface area contributed by atoms with Gasteiger partial charge in [-0.05, 0) is 0 Å². The molecule has 1 aliphatic heterocycles. The van der Waals surface area contributed by atoms with Gasteiger partial charge in [0.2, 0.25) is 0 Å². The van der Waals surface area contributed by atoms with Crippen molar-refractivity contribution >= 4 is 5.97 Å². The summed E-state index contributed by atoms with van der Waals surface area (Å²) in [5.74, 6) is -0.325. The minimum atomic E-state index is -0.502. The molecule has 0 aromatic heterocycles. The first-order chi connectivity index (χ1) is 5.72. The molecule has 0 bridgehead atoms. The molecule has 1 saturated heterocycles. The van der Waals surface area contributed by atoms with Gasteiger partial charge in [-0.1, -0.05) is 0 Å². The summed E-state index contributed by atoms with van der Waals surface area (Å²) in [6.07, 6.45) is 0.192. The molecule has 0 aromatic rings. The Kier molecular flexibility index (Phi) is 1.81. The third-order valence-electron chi connectivity index (χ3n) is 2.89. The summed E-state index contributed by atoms with van der Waals surface area (Å²) in [5.41, 5.74) is 0. The second-order valence-corrected chi connectivity index (χ2v) is 3.55. The summed E-state index contributed by atoms with van der Waals surface area (Å²) in [5, 5.41) is 18.4. The molecule has 1 saturated carbocycles. The first-order valence-corrected chi connectivity index (χ1v) is 4.20. The number of aliphatic hydroxyl groups excluding tert-OH is 2. The van der Waals surface area contributed by atoms with Crippen molar-refractivity contribution in [2.24, 2.45) is 11.8 Å². The zero-order chi connectivity index (χ0) is 8.72. The van der Waals surface area contributed by atoms with E-state index in [1.54, 1.807) is 0 Å². The third-order valence-corrected chi connectivity index (χ3v) is 2.89. The summed E-state index contributed by atoms with van der Waals surface area (Å²) >= 11 is 0. The lowest BCUT2D eigenvalue weighted by Gasteiger charge is -2.14. The average Bonchev–Trinajstić information content (AvgIpc) is 2.43. The van der Waals surface area contributed by atoms with Crippen LogP contribution in [0.15, 0.2) is 0 Å². The van der Waals surface area contributed by atoms with Gasteiger partial charge in [0.25, 0.3) is 0 Å². The fourth-order valence-electron chi connectivity index (χ4n) is 2.23. The fourth-order valence-corrected chi connectivity index (χ4v) is 2.23. The Morgan fingerprint density at radius 1 is 1.58 bits per heavy atom. The molecule has 12 heavy (non-hydrogen) atoms. The number of ether oxygens (including phenoxy) is 1. The molecule has 0 amide bonds. The van der Waals surface area contributed by atoms with Crippen LogP contribution in [0.4, 0.5) is 0 Å². The van der Waals surface area contributed by atoms with E-state index in [1.807, 2.05) is 0 Å². The monoisotopic (exact) mass is 172 g/mol. The van der Waals surface area contributed by atoms with Crippen LogP contribution in [0.25, 0.3) is 0 Å². The van der Waals surface area contributed by atoms with E-state index >= 15 is 0 Å². The molecule has 2 rings (SSSR count). The van der Waals surface area contributed by atoms with Crippen molar-refractivity contribution in [2.45, 2.75) is 25.0 Å². The zero-order valence-electron chi connectivity index (χ0n) is 6.64. The van der Waals surface area contributed by atoms with Crippen LogP contribution in [0.3, 0.4) is 0 Å². The van der Waals surface area contributed by atoms with Crippen molar-refractivity contribution in [3.05, 3.63) is 0 Å². The Morgan fingerprint density at radius 2 is 2.33 bits per heavy atom. The lowest BCUT2D eigenvalue weighted by Crippen LogP contribution is -2.23. The lowest BCUT2D eigenvalue weighted by atomic mass is 9.93. The van der Waals surface area contributed by atoms with Crippen LogP contribution in [0.1, 0.15) is 12.8 Å². The Morgan fingerprint density at radius 3 is 3.00 bits per heavy atom. The van der Waals surface area contributed by atoms with Gasteiger partial charge >= 0.3 is 5.97 Å². The average molecular weight is 172 g/mol. The summed E-state index contributed by atoms with van der Waals surface area (Å²) in [4.78, 5) is 10.8. The molecular formula is C8H12O4. The van der Waals surface area contributed by atoms with Gasteiger partial charge in [-0.3, -0.25) is 4.79 Å². The molecular weight excluding hydrogens is 160 g/mol. The smallest absolute Gasteiger partial charge is 0.306 e. The first-order valence-electron chi connectivity index (χ1n) is 4.20. The first kappa shape index (κ1) is 8.01. The van der Waals surface area contributed by atoms with E-state index in [-0.39, 0.29) is 30.5 Å². The number of hydrogen-bond donors (Lipinski definition) is 2. The second kappa shape index (κ2) is 2.71.